The molecule has 8 nitrogen and oxygen atoms in total. The summed E-state index contributed by atoms with van der Waals surface area (Å²) < 4.78 is 6.63. The molecule has 0 radical (unpaired) electrons. The molecule has 0 bridgehead atoms. The molecule has 34 heavy (non-hydrogen) atoms. The molecule has 2 aromatic carbocycles. The fourth-order valence-corrected chi connectivity index (χ4v) is 4.58. The molecule has 0 fully saturated rings. The minimum absolute atomic E-state index is 0.107. The van der Waals surface area contributed by atoms with Crippen LogP contribution in [0.3, 0.4) is 0 Å². The van der Waals surface area contributed by atoms with Crippen molar-refractivity contribution in [1.82, 2.24) is 20.1 Å². The number of carbonyl (C=O) groups is 3. The van der Waals surface area contributed by atoms with E-state index < -0.39 is 0 Å². The van der Waals surface area contributed by atoms with Crippen molar-refractivity contribution in [2.24, 2.45) is 0 Å². The van der Waals surface area contributed by atoms with E-state index in [1.807, 2.05) is 26.0 Å². The number of carbonyl (C=O) groups excluding carboxylic acids is 3. The molecule has 5 rings (SSSR count). The first-order chi connectivity index (χ1) is 16.3. The first-order valence-corrected chi connectivity index (χ1v) is 11.4. The van der Waals surface area contributed by atoms with Crippen LogP contribution >= 0.6 is 15.9 Å². The van der Waals surface area contributed by atoms with Crippen LogP contribution in [0.15, 0.2) is 57.4 Å². The number of benzene rings is 2. The van der Waals surface area contributed by atoms with Gasteiger partial charge in [0, 0.05) is 34.3 Å². The lowest BCUT2D eigenvalue weighted by molar-refractivity contribution is 0.0653. The molecule has 3 heterocycles. The SMILES string of the molecule is Cc1[nH]c(-c2nnc(CCN3C(=O)c4ccccc4C3=O)o2)c(C)c1C(=O)c1cccc(Br)c1. The van der Waals surface area contributed by atoms with E-state index in [1.54, 1.807) is 36.4 Å². The largest absolute Gasteiger partial charge is 0.419 e. The predicted molar refractivity (Wildman–Crippen MR) is 127 cm³/mol. The zero-order chi connectivity index (χ0) is 24.0. The highest BCUT2D eigenvalue weighted by Gasteiger charge is 2.35. The lowest BCUT2D eigenvalue weighted by Gasteiger charge is -2.11. The Bertz CT molecular complexity index is 1430. The van der Waals surface area contributed by atoms with Crippen LogP contribution in [0.2, 0.25) is 0 Å². The summed E-state index contributed by atoms with van der Waals surface area (Å²) in [4.78, 5) is 42.6. The lowest BCUT2D eigenvalue weighted by Crippen LogP contribution is -2.31. The van der Waals surface area contributed by atoms with E-state index in [9.17, 15) is 14.4 Å². The van der Waals surface area contributed by atoms with E-state index in [0.29, 0.717) is 39.2 Å². The van der Waals surface area contributed by atoms with Gasteiger partial charge < -0.3 is 9.40 Å². The van der Waals surface area contributed by atoms with Gasteiger partial charge in [-0.15, -0.1) is 10.2 Å². The Morgan fingerprint density at radius 1 is 1.03 bits per heavy atom. The zero-order valence-electron chi connectivity index (χ0n) is 18.4. The first kappa shape index (κ1) is 22.0. The summed E-state index contributed by atoms with van der Waals surface area (Å²) in [6, 6.07) is 14.0. The number of hydrogen-bond donors (Lipinski definition) is 1. The number of nitrogens with zero attached hydrogens (tertiary/aromatic N) is 3. The van der Waals surface area contributed by atoms with E-state index in [4.69, 9.17) is 4.42 Å². The van der Waals surface area contributed by atoms with Gasteiger partial charge in [0.05, 0.1) is 11.1 Å². The van der Waals surface area contributed by atoms with Gasteiger partial charge in [0.15, 0.2) is 5.78 Å². The van der Waals surface area contributed by atoms with Crippen LogP contribution < -0.4 is 0 Å². The van der Waals surface area contributed by atoms with Crippen LogP contribution in [-0.4, -0.2) is 44.2 Å². The molecule has 0 aliphatic carbocycles. The van der Waals surface area contributed by atoms with Crippen LogP contribution in [0.4, 0.5) is 0 Å². The Morgan fingerprint density at radius 2 is 1.74 bits per heavy atom. The third-order valence-corrected chi connectivity index (χ3v) is 6.35. The molecule has 0 unspecified atom stereocenters. The van der Waals surface area contributed by atoms with Crippen molar-refractivity contribution in [1.29, 1.82) is 0 Å². The van der Waals surface area contributed by atoms with Crippen molar-refractivity contribution in [2.75, 3.05) is 6.54 Å². The van der Waals surface area contributed by atoms with Gasteiger partial charge >= 0.3 is 0 Å². The normalized spacial score (nSPS) is 13.0. The third kappa shape index (κ3) is 3.67. The second kappa shape index (κ2) is 8.49. The third-order valence-electron chi connectivity index (χ3n) is 5.86. The molecule has 0 atom stereocenters. The Labute approximate surface area is 203 Å². The number of halogens is 1. The van der Waals surface area contributed by atoms with Crippen LogP contribution in [0.25, 0.3) is 11.6 Å². The van der Waals surface area contributed by atoms with Gasteiger partial charge in [0.2, 0.25) is 5.89 Å². The van der Waals surface area contributed by atoms with Crippen LogP contribution in [-0.2, 0) is 6.42 Å². The Hall–Kier alpha value is -3.85. The average Bonchev–Trinajstić information content (AvgIpc) is 3.48. The summed E-state index contributed by atoms with van der Waals surface area (Å²) >= 11 is 3.40. The highest BCUT2D eigenvalue weighted by molar-refractivity contribution is 9.10. The maximum atomic E-state index is 13.1. The topological polar surface area (TPSA) is 109 Å². The lowest BCUT2D eigenvalue weighted by atomic mass is 10.00. The number of aryl methyl sites for hydroxylation is 1. The van der Waals surface area contributed by atoms with Crippen molar-refractivity contribution in [3.05, 3.63) is 92.4 Å². The van der Waals surface area contributed by atoms with Crippen molar-refractivity contribution in [3.63, 3.8) is 0 Å². The highest BCUT2D eigenvalue weighted by atomic mass is 79.9. The maximum Gasteiger partial charge on any atom is 0.264 e. The number of rotatable bonds is 6. The number of imide groups is 1. The minimum Gasteiger partial charge on any atom is -0.419 e. The summed E-state index contributed by atoms with van der Waals surface area (Å²) in [6.45, 7) is 3.78. The number of H-pyrrole nitrogens is 1. The van der Waals surface area contributed by atoms with Gasteiger partial charge in [-0.3, -0.25) is 19.3 Å². The number of aromatic nitrogens is 3. The quantitative estimate of drug-likeness (QED) is 0.297. The molecular weight excluding hydrogens is 500 g/mol. The number of nitrogens with one attached hydrogen (secondary N) is 1. The Morgan fingerprint density at radius 3 is 2.41 bits per heavy atom. The van der Waals surface area contributed by atoms with Gasteiger partial charge in [-0.25, -0.2) is 0 Å². The monoisotopic (exact) mass is 518 g/mol. The summed E-state index contributed by atoms with van der Waals surface area (Å²) in [6.07, 6.45) is 0.223. The highest BCUT2D eigenvalue weighted by Crippen LogP contribution is 2.29. The van der Waals surface area contributed by atoms with E-state index >= 15 is 0 Å². The van der Waals surface area contributed by atoms with Crippen molar-refractivity contribution in [2.45, 2.75) is 20.3 Å². The molecule has 0 saturated carbocycles. The van der Waals surface area contributed by atoms with Gasteiger partial charge in [0.25, 0.3) is 17.7 Å². The van der Waals surface area contributed by atoms with Crippen molar-refractivity contribution >= 4 is 33.5 Å². The average molecular weight is 519 g/mol. The number of ketones is 1. The summed E-state index contributed by atoms with van der Waals surface area (Å²) in [5.41, 5.74) is 3.89. The molecule has 4 aromatic rings. The summed E-state index contributed by atoms with van der Waals surface area (Å²) in [7, 11) is 0. The molecule has 1 N–H and O–H groups in total. The number of amides is 2. The molecule has 0 spiro atoms. The smallest absolute Gasteiger partial charge is 0.264 e. The van der Waals surface area contributed by atoms with Crippen molar-refractivity contribution < 1.29 is 18.8 Å². The number of hydrogen-bond acceptors (Lipinski definition) is 6. The van der Waals surface area contributed by atoms with E-state index in [0.717, 1.165) is 4.47 Å². The molecule has 170 valence electrons. The van der Waals surface area contributed by atoms with E-state index in [1.165, 1.54) is 4.90 Å². The summed E-state index contributed by atoms with van der Waals surface area (Å²) in [5, 5.41) is 8.19. The second-order valence-corrected chi connectivity index (χ2v) is 8.94. The molecule has 2 aromatic heterocycles. The van der Waals surface area contributed by atoms with E-state index in [2.05, 4.69) is 31.1 Å². The molecule has 1 aliphatic heterocycles. The van der Waals surface area contributed by atoms with Crippen LogP contribution in [0.1, 0.15) is 53.8 Å². The zero-order valence-corrected chi connectivity index (χ0v) is 20.0. The predicted octanol–water partition coefficient (Wildman–Crippen LogP) is 4.51. The standard InChI is InChI=1S/C25H19BrN4O4/c1-13-20(22(31)15-6-5-7-16(26)12-15)14(2)27-21(13)23-29-28-19(34-23)10-11-30-24(32)17-8-3-4-9-18(17)25(30)33/h3-9,12,27H,10-11H2,1-2H3. The fourth-order valence-electron chi connectivity index (χ4n) is 4.18. The number of fused-ring (bicyclic) bond motifs is 1. The van der Waals surface area contributed by atoms with E-state index in [-0.39, 0.29) is 42.3 Å². The Balaban J connectivity index is 1.35. The fraction of sp³-hybridized carbons (Fsp3) is 0.160. The van der Waals surface area contributed by atoms with Gasteiger partial charge in [-0.1, -0.05) is 40.2 Å². The summed E-state index contributed by atoms with van der Waals surface area (Å²) in [5.74, 6) is -0.229. The Kier molecular flexibility index (Phi) is 5.49. The van der Waals surface area contributed by atoms with Gasteiger partial charge in [-0.05, 0) is 43.7 Å². The number of aromatic amines is 1. The van der Waals surface area contributed by atoms with Gasteiger partial charge in [0.1, 0.15) is 5.69 Å². The molecule has 2 amide bonds. The maximum absolute atomic E-state index is 13.1. The molecular formula is C25H19BrN4O4. The first-order valence-electron chi connectivity index (χ1n) is 10.6. The minimum atomic E-state index is -0.327. The van der Waals surface area contributed by atoms with Crippen LogP contribution in [0.5, 0.6) is 0 Å². The van der Waals surface area contributed by atoms with Crippen LogP contribution in [0, 0.1) is 13.8 Å². The van der Waals surface area contributed by atoms with Gasteiger partial charge in [-0.2, -0.15) is 0 Å². The molecule has 9 heteroatoms. The second-order valence-electron chi connectivity index (χ2n) is 8.02. The molecule has 1 aliphatic rings. The van der Waals surface area contributed by atoms with Crippen molar-refractivity contribution in [3.8, 4) is 11.6 Å². The molecule has 0 saturated heterocycles.